The smallest absolute Gasteiger partial charge is 0.241 e. The average molecular weight is 360 g/mol. The molecule has 25 heavy (non-hydrogen) atoms. The van der Waals surface area contributed by atoms with Gasteiger partial charge in [0.25, 0.3) is 0 Å². The van der Waals surface area contributed by atoms with Crippen LogP contribution in [0.15, 0.2) is 58.4 Å². The Morgan fingerprint density at radius 3 is 2.16 bits per heavy atom. The highest BCUT2D eigenvalue weighted by atomic mass is 32.2. The summed E-state index contributed by atoms with van der Waals surface area (Å²) < 4.78 is 32.5. The van der Waals surface area contributed by atoms with Gasteiger partial charge >= 0.3 is 0 Å². The standard InChI is InChI=1S/C19H24N2O3S/c1-5-24-17-10-6-15(7-11-17)14-20-16-8-12-18(13-9-16)25(22,23)21-19(2,3)4/h6-14,21H,5H2,1-4H3/b20-14+. The van der Waals surface area contributed by atoms with E-state index < -0.39 is 15.6 Å². The molecule has 0 saturated heterocycles. The van der Waals surface area contributed by atoms with Crippen LogP contribution < -0.4 is 9.46 Å². The highest BCUT2D eigenvalue weighted by Crippen LogP contribution is 2.18. The van der Waals surface area contributed by atoms with E-state index >= 15 is 0 Å². The molecular formula is C19H24N2O3S. The number of hydrogen-bond donors (Lipinski definition) is 1. The molecule has 0 amide bonds. The van der Waals surface area contributed by atoms with Gasteiger partial charge in [-0.2, -0.15) is 0 Å². The lowest BCUT2D eigenvalue weighted by Crippen LogP contribution is -2.40. The lowest BCUT2D eigenvalue weighted by Gasteiger charge is -2.20. The molecule has 0 spiro atoms. The molecule has 0 bridgehead atoms. The van der Waals surface area contributed by atoms with Gasteiger partial charge < -0.3 is 4.74 Å². The maximum Gasteiger partial charge on any atom is 0.241 e. The molecule has 0 fully saturated rings. The zero-order valence-corrected chi connectivity index (χ0v) is 15.8. The Kier molecular flexibility index (Phi) is 5.98. The van der Waals surface area contributed by atoms with Crippen molar-refractivity contribution in [3.05, 3.63) is 54.1 Å². The van der Waals surface area contributed by atoms with Crippen molar-refractivity contribution in [2.75, 3.05) is 6.61 Å². The number of aliphatic imine (C=N–C) groups is 1. The molecule has 0 aliphatic heterocycles. The maximum absolute atomic E-state index is 12.3. The summed E-state index contributed by atoms with van der Waals surface area (Å²) in [5, 5.41) is 0. The van der Waals surface area contributed by atoms with Gasteiger partial charge in [0.2, 0.25) is 10.0 Å². The second-order valence-corrected chi connectivity index (χ2v) is 8.29. The molecular weight excluding hydrogens is 336 g/mol. The number of benzene rings is 2. The summed E-state index contributed by atoms with van der Waals surface area (Å²) in [6.07, 6.45) is 1.73. The fourth-order valence-electron chi connectivity index (χ4n) is 2.14. The second-order valence-electron chi connectivity index (χ2n) is 6.61. The van der Waals surface area contributed by atoms with Gasteiger partial charge in [-0.3, -0.25) is 4.99 Å². The zero-order chi connectivity index (χ0) is 18.5. The third kappa shape index (κ3) is 5.99. The molecule has 2 rings (SSSR count). The van der Waals surface area contributed by atoms with Crippen molar-refractivity contribution in [2.24, 2.45) is 4.99 Å². The average Bonchev–Trinajstić information content (AvgIpc) is 2.53. The molecule has 0 saturated carbocycles. The van der Waals surface area contributed by atoms with E-state index in [0.717, 1.165) is 11.3 Å². The predicted octanol–water partition coefficient (Wildman–Crippen LogP) is 3.91. The van der Waals surface area contributed by atoms with Crippen molar-refractivity contribution < 1.29 is 13.2 Å². The van der Waals surface area contributed by atoms with E-state index in [2.05, 4.69) is 9.71 Å². The fraction of sp³-hybridized carbons (Fsp3) is 0.316. The van der Waals surface area contributed by atoms with E-state index in [1.165, 1.54) is 0 Å². The monoisotopic (exact) mass is 360 g/mol. The van der Waals surface area contributed by atoms with Crippen LogP contribution in [0.3, 0.4) is 0 Å². The van der Waals surface area contributed by atoms with Crippen LogP contribution in [-0.2, 0) is 10.0 Å². The van der Waals surface area contributed by atoms with E-state index in [9.17, 15) is 8.42 Å². The van der Waals surface area contributed by atoms with Crippen molar-refractivity contribution in [1.82, 2.24) is 4.72 Å². The predicted molar refractivity (Wildman–Crippen MR) is 101 cm³/mol. The first-order valence-corrected chi connectivity index (χ1v) is 9.59. The summed E-state index contributed by atoms with van der Waals surface area (Å²) in [5.41, 5.74) is 1.10. The summed E-state index contributed by atoms with van der Waals surface area (Å²) in [7, 11) is -3.53. The molecule has 1 N–H and O–H groups in total. The van der Waals surface area contributed by atoms with Crippen LogP contribution in [0.5, 0.6) is 5.75 Å². The first kappa shape index (κ1) is 19.1. The van der Waals surface area contributed by atoms with Gasteiger partial charge in [-0.05, 0) is 81.8 Å². The van der Waals surface area contributed by atoms with Gasteiger partial charge in [-0.15, -0.1) is 0 Å². The Hall–Kier alpha value is -2.18. The van der Waals surface area contributed by atoms with Crippen molar-refractivity contribution in [3.63, 3.8) is 0 Å². The van der Waals surface area contributed by atoms with Gasteiger partial charge in [-0.1, -0.05) is 0 Å². The number of rotatable bonds is 6. The minimum Gasteiger partial charge on any atom is -0.494 e. The van der Waals surface area contributed by atoms with E-state index in [1.54, 1.807) is 51.3 Å². The molecule has 0 heterocycles. The first-order chi connectivity index (χ1) is 11.7. The normalized spacial score (nSPS) is 12.5. The van der Waals surface area contributed by atoms with Crippen LogP contribution in [-0.4, -0.2) is 26.8 Å². The third-order valence-corrected chi connectivity index (χ3v) is 4.92. The Morgan fingerprint density at radius 2 is 1.64 bits per heavy atom. The summed E-state index contributed by atoms with van der Waals surface area (Å²) in [5.74, 6) is 0.820. The maximum atomic E-state index is 12.3. The molecule has 6 heteroatoms. The molecule has 0 aliphatic rings. The largest absolute Gasteiger partial charge is 0.494 e. The lowest BCUT2D eigenvalue weighted by atomic mass is 10.1. The topological polar surface area (TPSA) is 67.8 Å². The number of ether oxygens (including phenoxy) is 1. The van der Waals surface area contributed by atoms with Crippen molar-refractivity contribution in [2.45, 2.75) is 38.1 Å². The lowest BCUT2D eigenvalue weighted by molar-refractivity contribution is 0.340. The summed E-state index contributed by atoms with van der Waals surface area (Å²) in [6.45, 7) is 7.99. The van der Waals surface area contributed by atoms with Crippen LogP contribution in [0, 0.1) is 0 Å². The molecule has 0 unspecified atom stereocenters. The third-order valence-electron chi connectivity index (χ3n) is 3.14. The van der Waals surface area contributed by atoms with Gasteiger partial charge in [0.15, 0.2) is 0 Å². The van der Waals surface area contributed by atoms with Gasteiger partial charge in [-0.25, -0.2) is 13.1 Å². The Labute approximate surface area is 149 Å². The molecule has 2 aromatic carbocycles. The minimum absolute atomic E-state index is 0.224. The molecule has 0 radical (unpaired) electrons. The summed E-state index contributed by atoms with van der Waals surface area (Å²) in [4.78, 5) is 4.59. The highest BCUT2D eigenvalue weighted by molar-refractivity contribution is 7.89. The molecule has 0 atom stereocenters. The van der Waals surface area contributed by atoms with Crippen molar-refractivity contribution >= 4 is 21.9 Å². The number of nitrogens with one attached hydrogen (secondary N) is 1. The van der Waals surface area contributed by atoms with Gasteiger partial charge in [0.1, 0.15) is 5.75 Å². The van der Waals surface area contributed by atoms with E-state index in [1.807, 2.05) is 31.2 Å². The van der Waals surface area contributed by atoms with Crippen LogP contribution in [0.2, 0.25) is 0 Å². The SMILES string of the molecule is CCOc1ccc(/C=N/c2ccc(S(=O)(=O)NC(C)(C)C)cc2)cc1. The van der Waals surface area contributed by atoms with E-state index in [-0.39, 0.29) is 4.90 Å². The summed E-state index contributed by atoms with van der Waals surface area (Å²) >= 11 is 0. The first-order valence-electron chi connectivity index (χ1n) is 8.10. The Morgan fingerprint density at radius 1 is 1.04 bits per heavy atom. The van der Waals surface area contributed by atoms with E-state index in [4.69, 9.17) is 4.74 Å². The van der Waals surface area contributed by atoms with Crippen LogP contribution in [0.4, 0.5) is 5.69 Å². The molecule has 2 aromatic rings. The Bertz CT molecular complexity index is 818. The van der Waals surface area contributed by atoms with E-state index in [0.29, 0.717) is 12.3 Å². The van der Waals surface area contributed by atoms with Crippen LogP contribution >= 0.6 is 0 Å². The number of sulfonamides is 1. The molecule has 134 valence electrons. The second kappa shape index (κ2) is 7.80. The zero-order valence-electron chi connectivity index (χ0n) is 15.0. The quantitative estimate of drug-likeness (QED) is 0.794. The number of hydrogen-bond acceptors (Lipinski definition) is 4. The van der Waals surface area contributed by atoms with Crippen molar-refractivity contribution in [1.29, 1.82) is 0 Å². The van der Waals surface area contributed by atoms with Gasteiger partial charge in [0.05, 0.1) is 17.2 Å². The van der Waals surface area contributed by atoms with Crippen molar-refractivity contribution in [3.8, 4) is 5.75 Å². The number of nitrogens with zero attached hydrogens (tertiary/aromatic N) is 1. The molecule has 0 aromatic heterocycles. The summed E-state index contributed by atoms with van der Waals surface area (Å²) in [6, 6.07) is 14.1. The fourth-order valence-corrected chi connectivity index (χ4v) is 3.56. The minimum atomic E-state index is -3.53. The molecule has 5 nitrogen and oxygen atoms in total. The van der Waals surface area contributed by atoms with Crippen LogP contribution in [0.25, 0.3) is 0 Å². The Balaban J connectivity index is 2.09. The van der Waals surface area contributed by atoms with Crippen LogP contribution in [0.1, 0.15) is 33.3 Å². The molecule has 0 aliphatic carbocycles. The van der Waals surface area contributed by atoms with Gasteiger partial charge in [0, 0.05) is 11.8 Å². The highest BCUT2D eigenvalue weighted by Gasteiger charge is 2.21.